The highest BCUT2D eigenvalue weighted by atomic mass is 32.1. The molecule has 48 heavy (non-hydrogen) atoms. The molecule has 6 rings (SSSR count). The molecule has 11 heteroatoms. The molecule has 0 bridgehead atoms. The second-order valence-corrected chi connectivity index (χ2v) is 12.8. The minimum absolute atomic E-state index is 0.0389. The van der Waals surface area contributed by atoms with Gasteiger partial charge in [-0.2, -0.15) is 0 Å². The van der Waals surface area contributed by atoms with Crippen LogP contribution in [0.5, 0.6) is 0 Å². The lowest BCUT2D eigenvalue weighted by Gasteiger charge is -2.36. The number of benzene rings is 3. The van der Waals surface area contributed by atoms with Gasteiger partial charge in [0.1, 0.15) is 5.69 Å². The number of carbonyl (C=O) groups excluding carboxylic acids is 3. The molecule has 3 N–H and O–H groups in total. The zero-order valence-corrected chi connectivity index (χ0v) is 27.8. The van der Waals surface area contributed by atoms with Crippen molar-refractivity contribution < 1.29 is 14.4 Å². The summed E-state index contributed by atoms with van der Waals surface area (Å²) >= 11 is 1.45. The number of pyridine rings is 1. The Hall–Kier alpha value is -5.68. The van der Waals surface area contributed by atoms with Gasteiger partial charge < -0.3 is 30.3 Å². The lowest BCUT2D eigenvalue weighted by atomic mass is 10.00. The van der Waals surface area contributed by atoms with Gasteiger partial charge in [0.25, 0.3) is 11.5 Å². The van der Waals surface area contributed by atoms with Crippen LogP contribution in [-0.4, -0.2) is 53.4 Å². The molecule has 244 valence electrons. The summed E-state index contributed by atoms with van der Waals surface area (Å²) in [5, 5.41) is 10.2. The Balaban J connectivity index is 1.27. The molecule has 1 aliphatic heterocycles. The molecule has 3 aromatic carbocycles. The van der Waals surface area contributed by atoms with Crippen molar-refractivity contribution in [2.24, 2.45) is 7.05 Å². The Morgan fingerprint density at radius 3 is 2.38 bits per heavy atom. The number of nitrogens with zero attached hydrogens (tertiary/aromatic N) is 3. The summed E-state index contributed by atoms with van der Waals surface area (Å²) in [4.78, 5) is 55.3. The van der Waals surface area contributed by atoms with Crippen LogP contribution in [0.4, 0.5) is 28.4 Å². The van der Waals surface area contributed by atoms with E-state index in [1.807, 2.05) is 67.6 Å². The van der Waals surface area contributed by atoms with Gasteiger partial charge in [0, 0.05) is 68.0 Å². The van der Waals surface area contributed by atoms with Crippen molar-refractivity contribution in [3.8, 4) is 11.1 Å². The molecular formula is C37H36N6O4S. The topological polar surface area (TPSA) is 116 Å². The molecule has 10 nitrogen and oxygen atoms in total. The van der Waals surface area contributed by atoms with Crippen molar-refractivity contribution in [3.05, 3.63) is 112 Å². The molecule has 1 aliphatic rings. The first-order valence-corrected chi connectivity index (χ1v) is 16.4. The number of rotatable bonds is 8. The van der Waals surface area contributed by atoms with E-state index in [0.717, 1.165) is 32.5 Å². The number of anilines is 5. The Kier molecular flexibility index (Phi) is 9.13. The molecule has 0 aliphatic carbocycles. The number of carbonyl (C=O) groups is 3. The summed E-state index contributed by atoms with van der Waals surface area (Å²) in [5.74, 6) is -0.497. The van der Waals surface area contributed by atoms with E-state index in [1.54, 1.807) is 37.2 Å². The third kappa shape index (κ3) is 6.72. The zero-order valence-electron chi connectivity index (χ0n) is 27.0. The van der Waals surface area contributed by atoms with Crippen LogP contribution in [0.3, 0.4) is 0 Å². The van der Waals surface area contributed by atoms with E-state index in [1.165, 1.54) is 22.0 Å². The summed E-state index contributed by atoms with van der Waals surface area (Å²) in [5.41, 5.74) is 5.29. The van der Waals surface area contributed by atoms with Crippen molar-refractivity contribution in [3.63, 3.8) is 0 Å². The van der Waals surface area contributed by atoms with E-state index in [9.17, 15) is 19.2 Å². The number of piperazine rings is 1. The van der Waals surface area contributed by atoms with Gasteiger partial charge in [-0.15, -0.1) is 11.3 Å². The average Bonchev–Trinajstić information content (AvgIpc) is 3.53. The lowest BCUT2D eigenvalue weighted by Crippen LogP contribution is -2.48. The Labute approximate surface area is 282 Å². The summed E-state index contributed by atoms with van der Waals surface area (Å²) < 4.78 is 2.57. The van der Waals surface area contributed by atoms with Gasteiger partial charge in [0.2, 0.25) is 11.8 Å². The number of hydrogen-bond acceptors (Lipinski definition) is 7. The van der Waals surface area contributed by atoms with Crippen molar-refractivity contribution in [1.29, 1.82) is 0 Å². The van der Waals surface area contributed by atoms with Gasteiger partial charge in [-0.25, -0.2) is 0 Å². The molecule has 1 fully saturated rings. The van der Waals surface area contributed by atoms with Crippen LogP contribution in [0.15, 0.2) is 96.4 Å². The number of aromatic nitrogens is 1. The summed E-state index contributed by atoms with van der Waals surface area (Å²) in [6.07, 6.45) is 2.98. The van der Waals surface area contributed by atoms with Crippen LogP contribution in [0, 0.1) is 6.92 Å². The smallest absolute Gasteiger partial charge is 0.274 e. The number of amides is 3. The number of nitrogens with one attached hydrogen (secondary N) is 3. The molecule has 0 unspecified atom stereocenters. The monoisotopic (exact) mass is 660 g/mol. The molecule has 1 saturated heterocycles. The molecule has 0 radical (unpaired) electrons. The second-order valence-electron chi connectivity index (χ2n) is 11.7. The van der Waals surface area contributed by atoms with E-state index in [4.69, 9.17) is 0 Å². The molecule has 5 aromatic rings. The number of thiophene rings is 1. The first kappa shape index (κ1) is 32.3. The van der Waals surface area contributed by atoms with E-state index < -0.39 is 0 Å². The Morgan fingerprint density at radius 2 is 1.65 bits per heavy atom. The highest BCUT2D eigenvalue weighted by Gasteiger charge is 2.22. The van der Waals surface area contributed by atoms with Gasteiger partial charge in [-0.3, -0.25) is 19.2 Å². The fourth-order valence-electron chi connectivity index (χ4n) is 5.90. The summed E-state index contributed by atoms with van der Waals surface area (Å²) in [7, 11) is 1.69. The summed E-state index contributed by atoms with van der Waals surface area (Å²) in [6.45, 7) is 9.50. The number of aryl methyl sites for hydroxylation is 1. The minimum Gasteiger partial charge on any atom is -0.366 e. The van der Waals surface area contributed by atoms with Gasteiger partial charge in [0.05, 0.1) is 16.3 Å². The molecule has 3 amide bonds. The average molecular weight is 661 g/mol. The maximum absolute atomic E-state index is 13.3. The molecular weight excluding hydrogens is 625 g/mol. The molecule has 0 saturated carbocycles. The normalized spacial score (nSPS) is 12.9. The lowest BCUT2D eigenvalue weighted by molar-refractivity contribution is -0.129. The Morgan fingerprint density at radius 1 is 0.875 bits per heavy atom. The van der Waals surface area contributed by atoms with Gasteiger partial charge in [-0.05, 0) is 72.0 Å². The van der Waals surface area contributed by atoms with Crippen LogP contribution in [0.2, 0.25) is 0 Å². The Bertz CT molecular complexity index is 2090. The second kappa shape index (κ2) is 13.6. The zero-order chi connectivity index (χ0) is 33.9. The number of fused-ring (bicyclic) bond motifs is 1. The quantitative estimate of drug-likeness (QED) is 0.167. The molecule has 0 spiro atoms. The van der Waals surface area contributed by atoms with Crippen molar-refractivity contribution in [2.45, 2.75) is 13.8 Å². The van der Waals surface area contributed by atoms with Gasteiger partial charge in [0.15, 0.2) is 0 Å². The SMILES string of the molecule is C=CC(=O)Nc1cc(Nc2cc(-c3cccc(NC(=O)c4cc5ccccc5s4)c3C)cn(C)c2=O)ccc1N1CCN(C(C)=O)CC1. The largest absolute Gasteiger partial charge is 0.366 e. The first-order valence-electron chi connectivity index (χ1n) is 15.6. The third-order valence-electron chi connectivity index (χ3n) is 8.51. The maximum atomic E-state index is 13.3. The van der Waals surface area contributed by atoms with Crippen LogP contribution in [0.25, 0.3) is 21.2 Å². The molecule has 0 atom stereocenters. The van der Waals surface area contributed by atoms with Crippen molar-refractivity contribution in [2.75, 3.05) is 47.0 Å². The van der Waals surface area contributed by atoms with Crippen LogP contribution in [-0.2, 0) is 16.6 Å². The molecule has 3 heterocycles. The van der Waals surface area contributed by atoms with E-state index in [-0.39, 0.29) is 23.3 Å². The highest BCUT2D eigenvalue weighted by Crippen LogP contribution is 2.34. The maximum Gasteiger partial charge on any atom is 0.274 e. The predicted molar refractivity (Wildman–Crippen MR) is 195 cm³/mol. The van der Waals surface area contributed by atoms with Gasteiger partial charge >= 0.3 is 0 Å². The predicted octanol–water partition coefficient (Wildman–Crippen LogP) is 6.36. The van der Waals surface area contributed by atoms with Crippen molar-refractivity contribution >= 4 is 67.6 Å². The van der Waals surface area contributed by atoms with Crippen LogP contribution in [0.1, 0.15) is 22.2 Å². The third-order valence-corrected chi connectivity index (χ3v) is 9.63. The first-order chi connectivity index (χ1) is 23.1. The minimum atomic E-state index is -0.358. The van der Waals surface area contributed by atoms with Crippen molar-refractivity contribution in [1.82, 2.24) is 9.47 Å². The van der Waals surface area contributed by atoms with E-state index in [0.29, 0.717) is 53.8 Å². The van der Waals surface area contributed by atoms with Crippen LogP contribution >= 0.6 is 11.3 Å². The van der Waals surface area contributed by atoms with Gasteiger partial charge in [-0.1, -0.05) is 36.9 Å². The highest BCUT2D eigenvalue weighted by molar-refractivity contribution is 7.20. The number of hydrogen-bond donors (Lipinski definition) is 3. The standard InChI is InChI=1S/C37H36N6O4S/c1-5-35(45)39-30-21-27(13-14-32(30)43-17-15-42(16-18-43)24(3)44)38-31-19-26(22-41(4)37(31)47)28-10-8-11-29(23(28)2)40-36(46)34-20-25-9-6-7-12-33(25)48-34/h5-14,19-22,38H,1,15-18H2,2-4H3,(H,39,45)(H,40,46). The van der Waals surface area contributed by atoms with E-state index in [2.05, 4.69) is 27.4 Å². The van der Waals surface area contributed by atoms with Crippen LogP contribution < -0.4 is 26.4 Å². The fourth-order valence-corrected chi connectivity index (χ4v) is 6.86. The fraction of sp³-hybridized carbons (Fsp3) is 0.189. The molecule has 2 aromatic heterocycles. The van der Waals surface area contributed by atoms with E-state index >= 15 is 0 Å². The summed E-state index contributed by atoms with van der Waals surface area (Å²) in [6, 6.07) is 22.8.